The van der Waals surface area contributed by atoms with Gasteiger partial charge in [0, 0.05) is 5.41 Å². The highest BCUT2D eigenvalue weighted by Crippen LogP contribution is 2.20. The monoisotopic (exact) mass is 160 g/mol. The number of rotatable bonds is 3. The zero-order valence-electron chi connectivity index (χ0n) is 8.22. The Hall–Kier alpha value is -0.0800. The van der Waals surface area contributed by atoms with Crippen molar-refractivity contribution < 1.29 is 9.84 Å². The van der Waals surface area contributed by atoms with Gasteiger partial charge in [0.15, 0.2) is 6.29 Å². The topological polar surface area (TPSA) is 29.5 Å². The fourth-order valence-corrected chi connectivity index (χ4v) is 0.534. The Morgan fingerprint density at radius 2 is 1.73 bits per heavy atom. The van der Waals surface area contributed by atoms with Crippen LogP contribution in [0, 0.1) is 11.3 Å². The molecule has 0 saturated heterocycles. The Balaban J connectivity index is 3.61. The van der Waals surface area contributed by atoms with Gasteiger partial charge in [-0.1, -0.05) is 34.6 Å². The van der Waals surface area contributed by atoms with Crippen molar-refractivity contribution in [2.24, 2.45) is 11.3 Å². The highest BCUT2D eigenvalue weighted by Gasteiger charge is 2.22. The molecule has 0 fully saturated rings. The molecule has 0 aromatic rings. The van der Waals surface area contributed by atoms with E-state index in [0.717, 1.165) is 0 Å². The predicted molar refractivity (Wildman–Crippen MR) is 46.3 cm³/mol. The molecule has 1 atom stereocenters. The molecular formula is C9H20O2. The Bertz CT molecular complexity index is 103. The van der Waals surface area contributed by atoms with Gasteiger partial charge in [0.2, 0.25) is 0 Å². The largest absolute Gasteiger partial charge is 0.368 e. The molecule has 0 rings (SSSR count). The molecule has 0 spiro atoms. The molecule has 0 amide bonds. The maximum absolute atomic E-state index is 9.41. The lowest BCUT2D eigenvalue weighted by Crippen LogP contribution is -2.30. The van der Waals surface area contributed by atoms with Crippen molar-refractivity contribution in [2.45, 2.75) is 40.9 Å². The van der Waals surface area contributed by atoms with E-state index < -0.39 is 6.29 Å². The SMILES string of the molecule is CC(C)COC(O)C(C)(C)C. The summed E-state index contributed by atoms with van der Waals surface area (Å²) < 4.78 is 5.22. The number of ether oxygens (including phenoxy) is 1. The van der Waals surface area contributed by atoms with Crippen molar-refractivity contribution in [3.8, 4) is 0 Å². The fraction of sp³-hybridized carbons (Fsp3) is 1.00. The first kappa shape index (κ1) is 10.9. The lowest BCUT2D eigenvalue weighted by molar-refractivity contribution is -0.164. The van der Waals surface area contributed by atoms with Gasteiger partial charge in [-0.15, -0.1) is 0 Å². The molecule has 0 aromatic heterocycles. The van der Waals surface area contributed by atoms with Gasteiger partial charge in [0.25, 0.3) is 0 Å². The van der Waals surface area contributed by atoms with Crippen LogP contribution in [0.25, 0.3) is 0 Å². The molecule has 0 aliphatic rings. The lowest BCUT2D eigenvalue weighted by Gasteiger charge is -2.26. The highest BCUT2D eigenvalue weighted by molar-refractivity contribution is 4.64. The normalized spacial score (nSPS) is 15.5. The van der Waals surface area contributed by atoms with Crippen LogP contribution in [-0.2, 0) is 4.74 Å². The molecule has 1 N–H and O–H groups in total. The van der Waals surface area contributed by atoms with Crippen molar-refractivity contribution in [1.29, 1.82) is 0 Å². The maximum Gasteiger partial charge on any atom is 0.159 e. The van der Waals surface area contributed by atoms with Crippen molar-refractivity contribution in [1.82, 2.24) is 0 Å². The Labute approximate surface area is 69.6 Å². The summed E-state index contributed by atoms with van der Waals surface area (Å²) in [5, 5.41) is 9.41. The zero-order chi connectivity index (χ0) is 9.07. The summed E-state index contributed by atoms with van der Waals surface area (Å²) in [6.45, 7) is 10.6. The lowest BCUT2D eigenvalue weighted by atomic mass is 9.96. The van der Waals surface area contributed by atoms with Crippen LogP contribution in [0.15, 0.2) is 0 Å². The minimum absolute atomic E-state index is 0.172. The van der Waals surface area contributed by atoms with Crippen LogP contribution in [-0.4, -0.2) is 18.0 Å². The fourth-order valence-electron chi connectivity index (χ4n) is 0.534. The number of aliphatic hydroxyl groups excluding tert-OH is 1. The second-order valence-electron chi connectivity index (χ2n) is 4.45. The molecule has 0 saturated carbocycles. The Kier molecular flexibility index (Phi) is 4.04. The molecule has 68 valence electrons. The Morgan fingerprint density at radius 1 is 1.27 bits per heavy atom. The summed E-state index contributed by atoms with van der Waals surface area (Å²) in [6, 6.07) is 0. The average molecular weight is 160 g/mol. The smallest absolute Gasteiger partial charge is 0.159 e. The predicted octanol–water partition coefficient (Wildman–Crippen LogP) is 2.02. The zero-order valence-corrected chi connectivity index (χ0v) is 8.22. The third-order valence-corrected chi connectivity index (χ3v) is 1.33. The summed E-state index contributed by atoms with van der Waals surface area (Å²) in [7, 11) is 0. The van der Waals surface area contributed by atoms with Crippen LogP contribution in [0.5, 0.6) is 0 Å². The highest BCUT2D eigenvalue weighted by atomic mass is 16.6. The van der Waals surface area contributed by atoms with Gasteiger partial charge in [-0.3, -0.25) is 0 Å². The van der Waals surface area contributed by atoms with Gasteiger partial charge in [-0.25, -0.2) is 0 Å². The molecule has 0 aliphatic heterocycles. The van der Waals surface area contributed by atoms with Gasteiger partial charge < -0.3 is 9.84 Å². The molecule has 0 bridgehead atoms. The van der Waals surface area contributed by atoms with Gasteiger partial charge in [0.05, 0.1) is 6.61 Å². The first-order valence-electron chi connectivity index (χ1n) is 4.13. The van der Waals surface area contributed by atoms with Crippen molar-refractivity contribution in [3.05, 3.63) is 0 Å². The van der Waals surface area contributed by atoms with E-state index in [2.05, 4.69) is 13.8 Å². The second kappa shape index (κ2) is 4.07. The molecule has 2 nitrogen and oxygen atoms in total. The van der Waals surface area contributed by atoms with E-state index in [9.17, 15) is 5.11 Å². The van der Waals surface area contributed by atoms with Crippen LogP contribution in [0.4, 0.5) is 0 Å². The molecule has 0 heterocycles. The summed E-state index contributed by atoms with van der Waals surface area (Å²) in [4.78, 5) is 0. The minimum Gasteiger partial charge on any atom is -0.368 e. The standard InChI is InChI=1S/C9H20O2/c1-7(2)6-11-8(10)9(3,4)5/h7-8,10H,6H2,1-5H3. The number of aliphatic hydroxyl groups is 1. The van der Waals surface area contributed by atoms with Gasteiger partial charge >= 0.3 is 0 Å². The van der Waals surface area contributed by atoms with Gasteiger partial charge in [-0.2, -0.15) is 0 Å². The van der Waals surface area contributed by atoms with Crippen LogP contribution in [0.1, 0.15) is 34.6 Å². The molecule has 0 radical (unpaired) electrons. The van der Waals surface area contributed by atoms with Crippen molar-refractivity contribution >= 4 is 0 Å². The molecule has 2 heteroatoms. The Morgan fingerprint density at radius 3 is 2.00 bits per heavy atom. The van der Waals surface area contributed by atoms with E-state index in [0.29, 0.717) is 12.5 Å². The molecule has 1 unspecified atom stereocenters. The van der Waals surface area contributed by atoms with Crippen LogP contribution in [0.3, 0.4) is 0 Å². The number of hydrogen-bond donors (Lipinski definition) is 1. The van der Waals surface area contributed by atoms with E-state index >= 15 is 0 Å². The summed E-state index contributed by atoms with van der Waals surface area (Å²) in [6.07, 6.45) is -0.648. The van der Waals surface area contributed by atoms with Crippen LogP contribution in [0.2, 0.25) is 0 Å². The third-order valence-electron chi connectivity index (χ3n) is 1.33. The van der Waals surface area contributed by atoms with Crippen LogP contribution < -0.4 is 0 Å². The molecular weight excluding hydrogens is 140 g/mol. The minimum atomic E-state index is -0.648. The average Bonchev–Trinajstić information content (AvgIpc) is 1.80. The molecule has 11 heavy (non-hydrogen) atoms. The van der Waals surface area contributed by atoms with Gasteiger partial charge in [0.1, 0.15) is 0 Å². The van der Waals surface area contributed by atoms with E-state index in [1.165, 1.54) is 0 Å². The number of hydrogen-bond acceptors (Lipinski definition) is 2. The molecule has 0 aromatic carbocycles. The molecule has 0 aliphatic carbocycles. The first-order valence-corrected chi connectivity index (χ1v) is 4.13. The summed E-state index contributed by atoms with van der Waals surface area (Å²) in [5.74, 6) is 0.479. The van der Waals surface area contributed by atoms with E-state index in [1.807, 2.05) is 20.8 Å². The summed E-state index contributed by atoms with van der Waals surface area (Å²) >= 11 is 0. The van der Waals surface area contributed by atoms with Crippen molar-refractivity contribution in [3.63, 3.8) is 0 Å². The second-order valence-corrected chi connectivity index (χ2v) is 4.45. The van der Waals surface area contributed by atoms with Gasteiger partial charge in [-0.05, 0) is 5.92 Å². The van der Waals surface area contributed by atoms with Crippen molar-refractivity contribution in [2.75, 3.05) is 6.61 Å². The summed E-state index contributed by atoms with van der Waals surface area (Å²) in [5.41, 5.74) is -0.172. The van der Waals surface area contributed by atoms with E-state index in [1.54, 1.807) is 0 Å². The first-order chi connectivity index (χ1) is 4.84. The maximum atomic E-state index is 9.41. The third kappa shape index (κ3) is 5.22. The van der Waals surface area contributed by atoms with Crippen LogP contribution >= 0.6 is 0 Å². The van der Waals surface area contributed by atoms with E-state index in [4.69, 9.17) is 4.74 Å². The van der Waals surface area contributed by atoms with E-state index in [-0.39, 0.29) is 5.41 Å². The quantitative estimate of drug-likeness (QED) is 0.640.